The molecule has 6 heteroatoms. The number of rotatable bonds is 4. The van der Waals surface area contributed by atoms with Crippen molar-refractivity contribution in [2.75, 3.05) is 26.7 Å². The molecule has 1 aliphatic heterocycles. The van der Waals surface area contributed by atoms with Crippen LogP contribution in [-0.2, 0) is 12.0 Å². The number of hydrogen-bond donors (Lipinski definition) is 3. The number of aliphatic imine (C=N–C) groups is 1. The third-order valence-electron chi connectivity index (χ3n) is 6.12. The lowest BCUT2D eigenvalue weighted by Crippen LogP contribution is -2.50. The number of aryl methyl sites for hydroxylation is 1. The largest absolute Gasteiger partial charge is 0.383 e. The minimum absolute atomic E-state index is 0. The molecule has 2 fully saturated rings. The van der Waals surface area contributed by atoms with E-state index in [4.69, 9.17) is 0 Å². The van der Waals surface area contributed by atoms with Gasteiger partial charge >= 0.3 is 0 Å². The SMILES string of the molecule is CN=C(NCC1(O)CCc2ccccc21)NC1CN(C2CC2)CC1C.I. The molecule has 26 heavy (non-hydrogen) atoms. The molecular formula is C20H31IN4O. The van der Waals surface area contributed by atoms with Gasteiger partial charge in [0.05, 0.1) is 6.54 Å². The van der Waals surface area contributed by atoms with Crippen molar-refractivity contribution < 1.29 is 5.11 Å². The first kappa shape index (κ1) is 19.9. The van der Waals surface area contributed by atoms with E-state index >= 15 is 0 Å². The predicted molar refractivity (Wildman–Crippen MR) is 116 cm³/mol. The number of guanidine groups is 1. The van der Waals surface area contributed by atoms with Crippen molar-refractivity contribution >= 4 is 29.9 Å². The van der Waals surface area contributed by atoms with Crippen molar-refractivity contribution in [2.45, 2.75) is 50.3 Å². The van der Waals surface area contributed by atoms with Gasteiger partial charge in [-0.2, -0.15) is 0 Å². The Morgan fingerprint density at radius 3 is 2.81 bits per heavy atom. The van der Waals surface area contributed by atoms with Gasteiger partial charge in [-0.15, -0.1) is 24.0 Å². The Hall–Kier alpha value is -0.860. The Kier molecular flexibility index (Phi) is 6.14. The zero-order valence-electron chi connectivity index (χ0n) is 15.7. The highest BCUT2D eigenvalue weighted by Crippen LogP contribution is 2.36. The van der Waals surface area contributed by atoms with Crippen LogP contribution in [0.5, 0.6) is 0 Å². The molecule has 144 valence electrons. The third-order valence-corrected chi connectivity index (χ3v) is 6.12. The molecule has 1 saturated heterocycles. The van der Waals surface area contributed by atoms with Crippen LogP contribution in [0.4, 0.5) is 0 Å². The summed E-state index contributed by atoms with van der Waals surface area (Å²) in [5.41, 5.74) is 1.53. The minimum Gasteiger partial charge on any atom is -0.383 e. The fourth-order valence-electron chi connectivity index (χ4n) is 4.38. The monoisotopic (exact) mass is 470 g/mol. The second-order valence-electron chi connectivity index (χ2n) is 8.03. The standard InChI is InChI=1S/C20H30N4O.HI/c1-14-11-24(16-7-8-16)12-18(14)23-19(21-2)22-13-20(25)10-9-15-5-3-4-6-17(15)20;/h3-6,14,16,18,25H,7-13H2,1-2H3,(H2,21,22,23);1H. The number of halogens is 1. The van der Waals surface area contributed by atoms with Crippen LogP contribution in [0, 0.1) is 5.92 Å². The smallest absolute Gasteiger partial charge is 0.191 e. The second kappa shape index (κ2) is 8.02. The van der Waals surface area contributed by atoms with Crippen LogP contribution in [0.2, 0.25) is 0 Å². The van der Waals surface area contributed by atoms with E-state index in [1.807, 2.05) is 18.2 Å². The highest BCUT2D eigenvalue weighted by molar-refractivity contribution is 14.0. The fraction of sp³-hybridized carbons (Fsp3) is 0.650. The van der Waals surface area contributed by atoms with E-state index in [1.54, 1.807) is 7.05 Å². The van der Waals surface area contributed by atoms with Crippen molar-refractivity contribution in [3.8, 4) is 0 Å². The summed E-state index contributed by atoms with van der Waals surface area (Å²) in [6.45, 7) is 5.08. The Morgan fingerprint density at radius 1 is 1.31 bits per heavy atom. The molecular weight excluding hydrogens is 439 g/mol. The number of aliphatic hydroxyl groups is 1. The summed E-state index contributed by atoms with van der Waals surface area (Å²) in [4.78, 5) is 6.99. The summed E-state index contributed by atoms with van der Waals surface area (Å²) in [5, 5.41) is 18.0. The van der Waals surface area contributed by atoms with Crippen LogP contribution in [0.1, 0.15) is 37.3 Å². The van der Waals surface area contributed by atoms with E-state index in [0.717, 1.165) is 37.0 Å². The molecule has 0 aromatic heterocycles. The number of nitrogens with zero attached hydrogens (tertiary/aromatic N) is 2. The molecule has 3 aliphatic rings. The first-order chi connectivity index (χ1) is 12.1. The van der Waals surface area contributed by atoms with Gasteiger partial charge in [0.2, 0.25) is 0 Å². The quantitative estimate of drug-likeness (QED) is 0.359. The average Bonchev–Trinajstić information content (AvgIpc) is 3.34. The van der Waals surface area contributed by atoms with Gasteiger partial charge in [-0.25, -0.2) is 0 Å². The van der Waals surface area contributed by atoms with E-state index in [1.165, 1.54) is 24.9 Å². The summed E-state index contributed by atoms with van der Waals surface area (Å²) in [7, 11) is 1.81. The van der Waals surface area contributed by atoms with E-state index in [-0.39, 0.29) is 24.0 Å². The zero-order chi connectivity index (χ0) is 17.4. The van der Waals surface area contributed by atoms with E-state index in [9.17, 15) is 5.11 Å². The molecule has 1 aromatic rings. The van der Waals surface area contributed by atoms with E-state index < -0.39 is 5.60 Å². The summed E-state index contributed by atoms with van der Waals surface area (Å²) >= 11 is 0. The molecule has 1 heterocycles. The third kappa shape index (κ3) is 4.02. The maximum atomic E-state index is 11.1. The Bertz CT molecular complexity index is 663. The first-order valence-electron chi connectivity index (χ1n) is 9.61. The molecule has 0 bridgehead atoms. The van der Waals surface area contributed by atoms with Crippen LogP contribution in [0.15, 0.2) is 29.3 Å². The Balaban J connectivity index is 0.00000196. The lowest BCUT2D eigenvalue weighted by Gasteiger charge is -2.27. The lowest BCUT2D eigenvalue weighted by atomic mass is 9.96. The Morgan fingerprint density at radius 2 is 2.08 bits per heavy atom. The van der Waals surface area contributed by atoms with Gasteiger partial charge in [-0.1, -0.05) is 31.2 Å². The van der Waals surface area contributed by atoms with Gasteiger partial charge in [-0.3, -0.25) is 9.89 Å². The van der Waals surface area contributed by atoms with E-state index in [0.29, 0.717) is 18.5 Å². The summed E-state index contributed by atoms with van der Waals surface area (Å²) in [6, 6.07) is 9.47. The van der Waals surface area contributed by atoms with Crippen molar-refractivity contribution in [3.05, 3.63) is 35.4 Å². The first-order valence-corrected chi connectivity index (χ1v) is 9.61. The highest BCUT2D eigenvalue weighted by Gasteiger charge is 2.39. The van der Waals surface area contributed by atoms with Gasteiger partial charge in [0.15, 0.2) is 5.96 Å². The van der Waals surface area contributed by atoms with Crippen LogP contribution >= 0.6 is 24.0 Å². The topological polar surface area (TPSA) is 59.9 Å². The predicted octanol–water partition coefficient (Wildman–Crippen LogP) is 2.09. The van der Waals surface area contributed by atoms with Gasteiger partial charge in [0.25, 0.3) is 0 Å². The summed E-state index contributed by atoms with van der Waals surface area (Å²) in [5.74, 6) is 1.42. The second-order valence-corrected chi connectivity index (χ2v) is 8.03. The molecule has 0 radical (unpaired) electrons. The molecule has 5 nitrogen and oxygen atoms in total. The normalized spacial score (nSPS) is 31.4. The van der Waals surface area contributed by atoms with Crippen LogP contribution in [0.3, 0.4) is 0 Å². The molecule has 0 amide bonds. The summed E-state index contributed by atoms with van der Waals surface area (Å²) in [6.07, 6.45) is 4.43. The number of nitrogens with one attached hydrogen (secondary N) is 2. The van der Waals surface area contributed by atoms with Gasteiger partial charge in [-0.05, 0) is 42.7 Å². The van der Waals surface area contributed by atoms with Crippen LogP contribution in [-0.4, -0.2) is 54.7 Å². The Labute approximate surface area is 173 Å². The van der Waals surface area contributed by atoms with Crippen LogP contribution in [0.25, 0.3) is 0 Å². The van der Waals surface area contributed by atoms with Gasteiger partial charge < -0.3 is 15.7 Å². The molecule has 4 rings (SSSR count). The minimum atomic E-state index is -0.796. The fourth-order valence-corrected chi connectivity index (χ4v) is 4.38. The molecule has 1 aromatic carbocycles. The molecule has 3 N–H and O–H groups in total. The van der Waals surface area contributed by atoms with Crippen molar-refractivity contribution in [1.29, 1.82) is 0 Å². The number of benzene rings is 1. The molecule has 3 unspecified atom stereocenters. The van der Waals surface area contributed by atoms with Gasteiger partial charge in [0.1, 0.15) is 5.60 Å². The number of likely N-dealkylation sites (tertiary alicyclic amines) is 1. The zero-order valence-corrected chi connectivity index (χ0v) is 18.1. The van der Waals surface area contributed by atoms with Crippen molar-refractivity contribution in [2.24, 2.45) is 10.9 Å². The van der Waals surface area contributed by atoms with Crippen molar-refractivity contribution in [3.63, 3.8) is 0 Å². The van der Waals surface area contributed by atoms with Gasteiger partial charge in [0, 0.05) is 32.2 Å². The lowest BCUT2D eigenvalue weighted by molar-refractivity contribution is 0.0431. The van der Waals surface area contributed by atoms with Crippen molar-refractivity contribution in [1.82, 2.24) is 15.5 Å². The maximum absolute atomic E-state index is 11.1. The molecule has 0 spiro atoms. The molecule has 1 saturated carbocycles. The summed E-state index contributed by atoms with van der Waals surface area (Å²) < 4.78 is 0. The molecule has 3 atom stereocenters. The number of fused-ring (bicyclic) bond motifs is 1. The molecule has 2 aliphatic carbocycles. The number of hydrogen-bond acceptors (Lipinski definition) is 3. The highest BCUT2D eigenvalue weighted by atomic mass is 127. The average molecular weight is 470 g/mol. The van der Waals surface area contributed by atoms with Crippen LogP contribution < -0.4 is 10.6 Å². The van der Waals surface area contributed by atoms with E-state index in [2.05, 4.69) is 33.5 Å². The maximum Gasteiger partial charge on any atom is 0.191 e.